The van der Waals surface area contributed by atoms with Gasteiger partial charge in [0.2, 0.25) is 0 Å². The summed E-state index contributed by atoms with van der Waals surface area (Å²) in [5.41, 5.74) is 1.18. The van der Waals surface area contributed by atoms with Gasteiger partial charge in [0.25, 0.3) is 0 Å². The van der Waals surface area contributed by atoms with E-state index in [1.807, 2.05) is 24.3 Å². The Balaban J connectivity index is 2.65. The molecule has 1 aromatic carbocycles. The number of ether oxygens (including phenoxy) is 2. The summed E-state index contributed by atoms with van der Waals surface area (Å²) in [6, 6.07) is 8.00. The molecule has 0 radical (unpaired) electrons. The summed E-state index contributed by atoms with van der Waals surface area (Å²) < 4.78 is 10.8. The molecule has 1 atom stereocenters. The van der Waals surface area contributed by atoms with Crippen LogP contribution in [0.1, 0.15) is 25.0 Å². The van der Waals surface area contributed by atoms with Crippen molar-refractivity contribution in [3.63, 3.8) is 0 Å². The van der Waals surface area contributed by atoms with E-state index in [4.69, 9.17) is 9.47 Å². The first-order valence-electron chi connectivity index (χ1n) is 5.13. The quantitative estimate of drug-likeness (QED) is 0.738. The summed E-state index contributed by atoms with van der Waals surface area (Å²) in [6.45, 7) is 2.90. The van der Waals surface area contributed by atoms with Gasteiger partial charge in [0.1, 0.15) is 5.75 Å². The average molecular weight is 273 g/mol. The van der Waals surface area contributed by atoms with E-state index < -0.39 is 0 Å². The number of alkyl halides is 1. The molecule has 0 amide bonds. The van der Waals surface area contributed by atoms with Crippen LogP contribution in [0.5, 0.6) is 5.75 Å². The maximum absolute atomic E-state index is 5.71. The lowest BCUT2D eigenvalue weighted by Crippen LogP contribution is -2.06. The molecule has 1 rings (SSSR count). The first kappa shape index (κ1) is 12.5. The normalized spacial score (nSPS) is 12.5. The molecule has 2 nitrogen and oxygen atoms in total. The van der Waals surface area contributed by atoms with Gasteiger partial charge in [-0.1, -0.05) is 35.0 Å². The number of rotatable bonds is 6. The zero-order chi connectivity index (χ0) is 11.1. The molecule has 84 valence electrons. The van der Waals surface area contributed by atoms with Gasteiger partial charge < -0.3 is 9.47 Å². The van der Waals surface area contributed by atoms with E-state index in [1.54, 1.807) is 7.11 Å². The summed E-state index contributed by atoms with van der Waals surface area (Å²) in [5, 5.41) is 0.819. The molecule has 0 saturated heterocycles. The predicted octanol–water partition coefficient (Wildman–Crippen LogP) is 3.56. The molecule has 0 bridgehead atoms. The van der Waals surface area contributed by atoms with Crippen molar-refractivity contribution in [3.8, 4) is 5.75 Å². The van der Waals surface area contributed by atoms with Gasteiger partial charge in [-0.2, -0.15) is 0 Å². The number of halogens is 1. The monoisotopic (exact) mass is 272 g/mol. The average Bonchev–Trinajstić information content (AvgIpc) is 2.31. The lowest BCUT2D eigenvalue weighted by atomic mass is 10.1. The molecule has 0 spiro atoms. The van der Waals surface area contributed by atoms with Crippen molar-refractivity contribution in [2.75, 3.05) is 19.0 Å². The molecule has 0 heterocycles. The fraction of sp³-hybridized carbons (Fsp3) is 0.500. The molecule has 1 aromatic rings. The molecule has 3 heteroatoms. The Morgan fingerprint density at radius 1 is 1.27 bits per heavy atom. The van der Waals surface area contributed by atoms with Crippen LogP contribution in [0.3, 0.4) is 0 Å². The van der Waals surface area contributed by atoms with E-state index in [-0.39, 0.29) is 6.10 Å². The van der Waals surface area contributed by atoms with Gasteiger partial charge in [-0.3, -0.25) is 0 Å². The topological polar surface area (TPSA) is 18.5 Å². The highest BCUT2D eigenvalue weighted by Crippen LogP contribution is 2.22. The Morgan fingerprint density at radius 2 is 1.93 bits per heavy atom. The van der Waals surface area contributed by atoms with E-state index >= 15 is 0 Å². The number of benzene rings is 1. The number of hydrogen-bond donors (Lipinski definition) is 0. The minimum Gasteiger partial charge on any atom is -0.497 e. The fourth-order valence-corrected chi connectivity index (χ4v) is 1.87. The van der Waals surface area contributed by atoms with Crippen molar-refractivity contribution in [2.45, 2.75) is 19.4 Å². The molecule has 0 saturated carbocycles. The molecule has 0 aromatic heterocycles. The van der Waals surface area contributed by atoms with E-state index in [9.17, 15) is 0 Å². The lowest BCUT2D eigenvalue weighted by Gasteiger charge is -2.15. The first-order valence-corrected chi connectivity index (χ1v) is 6.25. The zero-order valence-electron chi connectivity index (χ0n) is 9.20. The van der Waals surface area contributed by atoms with Crippen LogP contribution in [0.25, 0.3) is 0 Å². The highest BCUT2D eigenvalue weighted by molar-refractivity contribution is 9.09. The predicted molar refractivity (Wildman–Crippen MR) is 65.8 cm³/mol. The largest absolute Gasteiger partial charge is 0.497 e. The third-order valence-corrected chi connectivity index (χ3v) is 2.74. The van der Waals surface area contributed by atoms with Crippen LogP contribution in [0.4, 0.5) is 0 Å². The highest BCUT2D eigenvalue weighted by atomic mass is 79.9. The maximum atomic E-state index is 5.71. The van der Waals surface area contributed by atoms with Gasteiger partial charge in [0.15, 0.2) is 0 Å². The summed E-state index contributed by atoms with van der Waals surface area (Å²) in [5.74, 6) is 0.877. The second kappa shape index (κ2) is 6.85. The van der Waals surface area contributed by atoms with Crippen molar-refractivity contribution < 1.29 is 9.47 Å². The highest BCUT2D eigenvalue weighted by Gasteiger charge is 2.09. The molecular weight excluding hydrogens is 256 g/mol. The Bertz CT molecular complexity index is 271. The maximum Gasteiger partial charge on any atom is 0.118 e. The van der Waals surface area contributed by atoms with Gasteiger partial charge in [-0.05, 0) is 24.1 Å². The van der Waals surface area contributed by atoms with Crippen LogP contribution >= 0.6 is 15.9 Å². The Hall–Kier alpha value is -0.540. The summed E-state index contributed by atoms with van der Waals surface area (Å²) in [6.07, 6.45) is 1.18. The molecule has 15 heavy (non-hydrogen) atoms. The van der Waals surface area contributed by atoms with Gasteiger partial charge in [-0.15, -0.1) is 0 Å². The van der Waals surface area contributed by atoms with Crippen molar-refractivity contribution in [2.24, 2.45) is 0 Å². The minimum absolute atomic E-state index is 0.135. The van der Waals surface area contributed by atoms with E-state index in [0.717, 1.165) is 24.1 Å². The van der Waals surface area contributed by atoms with Crippen LogP contribution in [0, 0.1) is 0 Å². The van der Waals surface area contributed by atoms with Gasteiger partial charge in [-0.25, -0.2) is 0 Å². The fourth-order valence-electron chi connectivity index (χ4n) is 1.31. The van der Waals surface area contributed by atoms with Crippen LogP contribution in [0.15, 0.2) is 24.3 Å². The van der Waals surface area contributed by atoms with Crippen LogP contribution < -0.4 is 4.74 Å². The smallest absolute Gasteiger partial charge is 0.118 e. The summed E-state index contributed by atoms with van der Waals surface area (Å²) in [7, 11) is 1.67. The van der Waals surface area contributed by atoms with Crippen molar-refractivity contribution in [1.82, 2.24) is 0 Å². The van der Waals surface area contributed by atoms with Crippen LogP contribution in [-0.4, -0.2) is 19.0 Å². The molecule has 0 fully saturated rings. The molecule has 0 aliphatic rings. The summed E-state index contributed by atoms with van der Waals surface area (Å²) in [4.78, 5) is 0. The third kappa shape index (κ3) is 3.84. The van der Waals surface area contributed by atoms with E-state index in [2.05, 4.69) is 22.9 Å². The molecule has 0 aliphatic carbocycles. The van der Waals surface area contributed by atoms with E-state index in [1.165, 1.54) is 5.56 Å². The van der Waals surface area contributed by atoms with E-state index in [0.29, 0.717) is 0 Å². The van der Waals surface area contributed by atoms with Crippen molar-refractivity contribution in [3.05, 3.63) is 29.8 Å². The third-order valence-electron chi connectivity index (χ3n) is 2.15. The van der Waals surface area contributed by atoms with Crippen LogP contribution in [0.2, 0.25) is 0 Å². The second-order valence-electron chi connectivity index (χ2n) is 3.29. The molecule has 1 unspecified atom stereocenters. The van der Waals surface area contributed by atoms with Gasteiger partial charge in [0.05, 0.1) is 13.2 Å². The first-order chi connectivity index (χ1) is 7.31. The van der Waals surface area contributed by atoms with Crippen molar-refractivity contribution >= 4 is 15.9 Å². The lowest BCUT2D eigenvalue weighted by molar-refractivity contribution is 0.0703. The van der Waals surface area contributed by atoms with Gasteiger partial charge >= 0.3 is 0 Å². The van der Waals surface area contributed by atoms with Crippen LogP contribution in [-0.2, 0) is 4.74 Å². The number of methoxy groups -OCH3 is 1. The second-order valence-corrected chi connectivity index (χ2v) is 3.93. The molecule has 0 aliphatic heterocycles. The van der Waals surface area contributed by atoms with Gasteiger partial charge in [0, 0.05) is 11.9 Å². The minimum atomic E-state index is 0.135. The Morgan fingerprint density at radius 3 is 2.40 bits per heavy atom. The standard InChI is InChI=1S/C12H17BrO2/c1-3-8-15-12(9-13)10-4-6-11(14-2)7-5-10/h4-7,12H,3,8-9H2,1-2H3. The summed E-state index contributed by atoms with van der Waals surface area (Å²) >= 11 is 3.46. The molecule has 0 N–H and O–H groups in total. The van der Waals surface area contributed by atoms with Crippen molar-refractivity contribution in [1.29, 1.82) is 0 Å². The molecular formula is C12H17BrO2. The zero-order valence-corrected chi connectivity index (χ0v) is 10.8. The SMILES string of the molecule is CCCOC(CBr)c1ccc(OC)cc1. The Labute approximate surface area is 99.7 Å². The number of hydrogen-bond acceptors (Lipinski definition) is 2. The Kier molecular flexibility index (Phi) is 5.73.